The number of anilines is 1. The van der Waals surface area contributed by atoms with Gasteiger partial charge >= 0.3 is 0 Å². The highest BCUT2D eigenvalue weighted by atomic mass is 16.5. The number of rotatable bonds is 7. The minimum absolute atomic E-state index is 0.174. The van der Waals surface area contributed by atoms with Crippen LogP contribution in [0.3, 0.4) is 0 Å². The first-order valence-electron chi connectivity index (χ1n) is 12.2. The number of benzene rings is 1. The standard InChI is InChI=1S/C26H37N3O2/c1-4-20(3)29(25(30)22-12-8-9-13-22)18-23-24(21-10-6-5-7-11-21)27-31-26(23)28-16-14-19(2)15-17-28/h5-7,10-11,19-20,22H,4,8-9,12-18H2,1-3H3/t20-/m1/s1. The Morgan fingerprint density at radius 2 is 1.84 bits per heavy atom. The van der Waals surface area contributed by atoms with Crippen molar-refractivity contribution in [3.8, 4) is 11.3 Å². The molecule has 168 valence electrons. The number of carbonyl (C=O) groups excluding carboxylic acids is 1. The molecule has 1 atom stereocenters. The molecular weight excluding hydrogens is 386 g/mol. The topological polar surface area (TPSA) is 49.6 Å². The lowest BCUT2D eigenvalue weighted by atomic mass is 9.98. The van der Waals surface area contributed by atoms with Crippen molar-refractivity contribution in [2.45, 2.75) is 78.3 Å². The van der Waals surface area contributed by atoms with E-state index < -0.39 is 0 Å². The first-order valence-corrected chi connectivity index (χ1v) is 12.2. The molecule has 31 heavy (non-hydrogen) atoms. The van der Waals surface area contributed by atoms with Gasteiger partial charge in [0.15, 0.2) is 0 Å². The molecule has 0 unspecified atom stereocenters. The van der Waals surface area contributed by atoms with Crippen LogP contribution in [0.25, 0.3) is 11.3 Å². The van der Waals surface area contributed by atoms with Crippen molar-refractivity contribution >= 4 is 11.8 Å². The van der Waals surface area contributed by atoms with Crippen LogP contribution in [-0.2, 0) is 11.3 Å². The lowest BCUT2D eigenvalue weighted by molar-refractivity contribution is -0.138. The van der Waals surface area contributed by atoms with E-state index in [4.69, 9.17) is 4.52 Å². The second-order valence-corrected chi connectivity index (χ2v) is 9.56. The van der Waals surface area contributed by atoms with E-state index in [2.05, 4.69) is 47.9 Å². The monoisotopic (exact) mass is 423 g/mol. The quantitative estimate of drug-likeness (QED) is 0.557. The molecule has 2 fully saturated rings. The molecule has 1 aromatic carbocycles. The number of aromatic nitrogens is 1. The number of piperidine rings is 1. The van der Waals surface area contributed by atoms with Crippen LogP contribution >= 0.6 is 0 Å². The molecule has 1 saturated carbocycles. The lowest BCUT2D eigenvalue weighted by Crippen LogP contribution is -2.41. The van der Waals surface area contributed by atoms with Gasteiger partial charge in [0.25, 0.3) is 0 Å². The maximum atomic E-state index is 13.5. The maximum absolute atomic E-state index is 13.5. The molecule has 5 heteroatoms. The molecule has 2 aliphatic rings. The fourth-order valence-corrected chi connectivity index (χ4v) is 4.98. The van der Waals surface area contributed by atoms with Crippen molar-refractivity contribution in [1.29, 1.82) is 0 Å². The van der Waals surface area contributed by atoms with Crippen LogP contribution in [0.2, 0.25) is 0 Å². The molecule has 2 heterocycles. The second kappa shape index (κ2) is 9.88. The summed E-state index contributed by atoms with van der Waals surface area (Å²) in [4.78, 5) is 18.0. The van der Waals surface area contributed by atoms with Crippen LogP contribution in [0.15, 0.2) is 34.9 Å². The summed E-state index contributed by atoms with van der Waals surface area (Å²) in [6.07, 6.45) is 7.67. The minimum atomic E-state index is 0.174. The van der Waals surface area contributed by atoms with Crippen LogP contribution in [0, 0.1) is 11.8 Å². The molecule has 0 spiro atoms. The summed E-state index contributed by atoms with van der Waals surface area (Å²) in [7, 11) is 0. The zero-order chi connectivity index (χ0) is 21.8. The number of amides is 1. The maximum Gasteiger partial charge on any atom is 0.232 e. The molecular formula is C26H37N3O2. The number of nitrogens with zero attached hydrogens (tertiary/aromatic N) is 3. The molecule has 1 aromatic heterocycles. The van der Waals surface area contributed by atoms with E-state index in [9.17, 15) is 4.79 Å². The van der Waals surface area contributed by atoms with Crippen LogP contribution in [0.5, 0.6) is 0 Å². The van der Waals surface area contributed by atoms with Crippen LogP contribution < -0.4 is 4.90 Å². The molecule has 0 N–H and O–H groups in total. The SMILES string of the molecule is CC[C@@H](C)N(Cc1c(-c2ccccc2)noc1N1CCC(C)CC1)C(=O)C1CCCC1. The molecule has 2 aromatic rings. The smallest absolute Gasteiger partial charge is 0.232 e. The van der Waals surface area contributed by atoms with E-state index in [1.165, 1.54) is 12.8 Å². The van der Waals surface area contributed by atoms with Gasteiger partial charge in [-0.3, -0.25) is 4.79 Å². The van der Waals surface area contributed by atoms with Gasteiger partial charge in [-0.05, 0) is 44.9 Å². The van der Waals surface area contributed by atoms with Crippen molar-refractivity contribution in [2.24, 2.45) is 11.8 Å². The van der Waals surface area contributed by atoms with Crippen molar-refractivity contribution in [3.63, 3.8) is 0 Å². The van der Waals surface area contributed by atoms with Crippen molar-refractivity contribution in [1.82, 2.24) is 10.1 Å². The molecule has 1 saturated heterocycles. The number of hydrogen-bond acceptors (Lipinski definition) is 4. The van der Waals surface area contributed by atoms with Crippen molar-refractivity contribution in [2.75, 3.05) is 18.0 Å². The first-order chi connectivity index (χ1) is 15.1. The predicted octanol–water partition coefficient (Wildman–Crippen LogP) is 5.90. The highest BCUT2D eigenvalue weighted by molar-refractivity contribution is 5.80. The average molecular weight is 424 g/mol. The zero-order valence-corrected chi connectivity index (χ0v) is 19.3. The van der Waals surface area contributed by atoms with Gasteiger partial charge in [-0.1, -0.05) is 62.2 Å². The summed E-state index contributed by atoms with van der Waals surface area (Å²) in [6.45, 7) is 9.19. The Morgan fingerprint density at radius 3 is 2.48 bits per heavy atom. The van der Waals surface area contributed by atoms with Gasteiger partial charge in [-0.15, -0.1) is 0 Å². The van der Waals surface area contributed by atoms with Gasteiger partial charge in [0.1, 0.15) is 5.69 Å². The third kappa shape index (κ3) is 4.81. The highest BCUT2D eigenvalue weighted by Crippen LogP contribution is 2.36. The van der Waals surface area contributed by atoms with Crippen LogP contribution in [-0.4, -0.2) is 35.1 Å². The minimum Gasteiger partial charge on any atom is -0.340 e. The van der Waals surface area contributed by atoms with E-state index in [-0.39, 0.29) is 12.0 Å². The summed E-state index contributed by atoms with van der Waals surface area (Å²) >= 11 is 0. The molecule has 0 bridgehead atoms. The van der Waals surface area contributed by atoms with Gasteiger partial charge in [-0.2, -0.15) is 0 Å². The molecule has 4 rings (SSSR count). The van der Waals surface area contributed by atoms with Gasteiger partial charge in [0.05, 0.1) is 12.1 Å². The van der Waals surface area contributed by atoms with E-state index in [0.29, 0.717) is 12.5 Å². The van der Waals surface area contributed by atoms with E-state index in [1.807, 2.05) is 18.2 Å². The fraction of sp³-hybridized carbons (Fsp3) is 0.615. The van der Waals surface area contributed by atoms with Crippen LogP contribution in [0.1, 0.15) is 71.3 Å². The Morgan fingerprint density at radius 1 is 1.16 bits per heavy atom. The van der Waals surface area contributed by atoms with Crippen molar-refractivity contribution in [3.05, 3.63) is 35.9 Å². The Kier molecular flexibility index (Phi) is 6.99. The predicted molar refractivity (Wildman–Crippen MR) is 125 cm³/mol. The largest absolute Gasteiger partial charge is 0.340 e. The van der Waals surface area contributed by atoms with Crippen molar-refractivity contribution < 1.29 is 9.32 Å². The second-order valence-electron chi connectivity index (χ2n) is 9.56. The Hall–Kier alpha value is -2.30. The average Bonchev–Trinajstić information content (AvgIpc) is 3.48. The Bertz CT molecular complexity index is 849. The third-order valence-corrected chi connectivity index (χ3v) is 7.32. The lowest BCUT2D eigenvalue weighted by Gasteiger charge is -2.33. The summed E-state index contributed by atoms with van der Waals surface area (Å²) in [5, 5.41) is 4.52. The molecule has 1 amide bonds. The fourth-order valence-electron chi connectivity index (χ4n) is 4.98. The summed E-state index contributed by atoms with van der Waals surface area (Å²) in [5.41, 5.74) is 2.99. The highest BCUT2D eigenvalue weighted by Gasteiger charge is 2.33. The third-order valence-electron chi connectivity index (χ3n) is 7.32. The van der Waals surface area contributed by atoms with E-state index in [0.717, 1.165) is 73.8 Å². The molecule has 5 nitrogen and oxygen atoms in total. The van der Waals surface area contributed by atoms with E-state index in [1.54, 1.807) is 0 Å². The number of hydrogen-bond donors (Lipinski definition) is 0. The van der Waals surface area contributed by atoms with Gasteiger partial charge in [0, 0.05) is 30.6 Å². The summed E-state index contributed by atoms with van der Waals surface area (Å²) < 4.78 is 5.98. The van der Waals surface area contributed by atoms with Crippen LogP contribution in [0.4, 0.5) is 5.88 Å². The molecule has 1 aliphatic heterocycles. The molecule has 0 radical (unpaired) electrons. The summed E-state index contributed by atoms with van der Waals surface area (Å²) in [6, 6.07) is 10.4. The first kappa shape index (κ1) is 21.9. The number of carbonyl (C=O) groups is 1. The Labute approximate surface area is 186 Å². The van der Waals surface area contributed by atoms with Gasteiger partial charge in [-0.25, -0.2) is 0 Å². The normalized spacial score (nSPS) is 19.0. The Balaban J connectivity index is 1.69. The van der Waals surface area contributed by atoms with E-state index >= 15 is 0 Å². The molecule has 1 aliphatic carbocycles. The summed E-state index contributed by atoms with van der Waals surface area (Å²) in [5.74, 6) is 2.09. The van der Waals surface area contributed by atoms with Gasteiger partial charge in [0.2, 0.25) is 11.8 Å². The van der Waals surface area contributed by atoms with Gasteiger partial charge < -0.3 is 14.3 Å². The zero-order valence-electron chi connectivity index (χ0n) is 19.3.